The Morgan fingerprint density at radius 2 is 1.62 bits per heavy atom. The van der Waals surface area contributed by atoms with Crippen LogP contribution in [-0.2, 0) is 11.3 Å². The molecule has 0 aliphatic rings. The van der Waals surface area contributed by atoms with E-state index in [1.54, 1.807) is 36.9 Å². The number of hydrogen-bond donors (Lipinski definition) is 1. The largest absolute Gasteiger partial charge is 0.467 e. The van der Waals surface area contributed by atoms with Crippen LogP contribution in [0.5, 0.6) is 0 Å². The molecule has 0 saturated carbocycles. The van der Waals surface area contributed by atoms with E-state index in [-0.39, 0.29) is 19.7 Å². The molecule has 3 nitrogen and oxygen atoms in total. The minimum atomic E-state index is -0.192. The Bertz CT molecular complexity index is 366. The molecule has 0 spiro atoms. The molecule has 1 rings (SSSR count). The van der Waals surface area contributed by atoms with Gasteiger partial charge in [-0.3, -0.25) is 4.79 Å². The van der Waals surface area contributed by atoms with E-state index >= 15 is 0 Å². The van der Waals surface area contributed by atoms with E-state index in [0.29, 0.717) is 6.54 Å². The fourth-order valence-corrected chi connectivity index (χ4v) is 5.71. The van der Waals surface area contributed by atoms with E-state index in [1.165, 1.54) is 38.5 Å². The van der Waals surface area contributed by atoms with E-state index in [9.17, 15) is 4.79 Å². The first-order chi connectivity index (χ1) is 11.7. The molecule has 0 saturated heterocycles. The number of hydrogen-bond acceptors (Lipinski definition) is 2. The van der Waals surface area contributed by atoms with Crippen LogP contribution in [0, 0.1) is 0 Å². The quantitative estimate of drug-likeness (QED) is 0.373. The molecule has 24 heavy (non-hydrogen) atoms. The molecule has 1 amide bonds. The molecular formula is C19H36ClNO2P+. The van der Waals surface area contributed by atoms with Crippen molar-refractivity contribution in [1.82, 2.24) is 5.32 Å². The molecule has 1 N–H and O–H groups in total. The van der Waals surface area contributed by atoms with Gasteiger partial charge in [0.05, 0.1) is 31.3 Å². The summed E-state index contributed by atoms with van der Waals surface area (Å²) in [6.07, 6.45) is 15.0. The maximum atomic E-state index is 10.6. The number of unbranched alkanes of at least 4 members (excludes halogenated alkanes) is 3. The zero-order valence-corrected chi connectivity index (χ0v) is 17.5. The molecule has 0 aromatic carbocycles. The molecule has 0 radical (unpaired) electrons. The van der Waals surface area contributed by atoms with Gasteiger partial charge in [0.1, 0.15) is 11.6 Å². The van der Waals surface area contributed by atoms with Crippen LogP contribution in [-0.4, -0.2) is 30.3 Å². The number of halogens is 1. The summed E-state index contributed by atoms with van der Waals surface area (Å²) in [7, 11) is 0.0675. The summed E-state index contributed by atoms with van der Waals surface area (Å²) in [5.74, 6) is 0.521. The van der Waals surface area contributed by atoms with E-state index in [0.717, 1.165) is 5.76 Å². The van der Waals surface area contributed by atoms with Crippen molar-refractivity contribution in [2.45, 2.75) is 65.8 Å². The molecule has 140 valence electrons. The molecule has 5 heteroatoms. The van der Waals surface area contributed by atoms with Crippen molar-refractivity contribution in [1.29, 1.82) is 0 Å². The Labute approximate surface area is 154 Å². The number of nitrogens with one attached hydrogen (secondary N) is 1. The second kappa shape index (κ2) is 17.3. The van der Waals surface area contributed by atoms with Gasteiger partial charge in [-0.1, -0.05) is 40.0 Å². The fourth-order valence-electron chi connectivity index (χ4n) is 2.30. The van der Waals surface area contributed by atoms with Crippen molar-refractivity contribution in [3.05, 3.63) is 24.2 Å². The van der Waals surface area contributed by atoms with Crippen molar-refractivity contribution in [2.24, 2.45) is 0 Å². The summed E-state index contributed by atoms with van der Waals surface area (Å²) in [6.45, 7) is 7.36. The third-order valence-corrected chi connectivity index (χ3v) is 7.24. The van der Waals surface area contributed by atoms with Crippen LogP contribution >= 0.6 is 19.5 Å². The van der Waals surface area contributed by atoms with Gasteiger partial charge in [0, 0.05) is 7.92 Å². The monoisotopic (exact) mass is 376 g/mol. The van der Waals surface area contributed by atoms with Gasteiger partial charge in [0.2, 0.25) is 5.91 Å². The standard InChI is InChI=1S/C12H27P.C7H8ClNO2/c1-4-7-10-13(11-8-5-2)12-9-6-3;8-4-7(10)9-5-6-2-1-3-11-6/h4-12H2,1-3H3;1-3H,4-5H2,(H,9,10)/p+1. The van der Waals surface area contributed by atoms with Gasteiger partial charge in [0.25, 0.3) is 0 Å². The summed E-state index contributed by atoms with van der Waals surface area (Å²) in [6, 6.07) is 3.55. The molecule has 0 unspecified atom stereocenters. The van der Waals surface area contributed by atoms with Gasteiger partial charge < -0.3 is 9.73 Å². The maximum absolute atomic E-state index is 10.6. The predicted molar refractivity (Wildman–Crippen MR) is 109 cm³/mol. The SMILES string of the molecule is CCCC[PH+](CCCC)CCCC.O=C(CCl)NCc1ccco1. The highest BCUT2D eigenvalue weighted by Gasteiger charge is 2.12. The Morgan fingerprint density at radius 1 is 1.08 bits per heavy atom. The molecule has 1 aromatic rings. The molecule has 1 aromatic heterocycles. The molecule has 0 atom stereocenters. The third kappa shape index (κ3) is 13.9. The van der Waals surface area contributed by atoms with Crippen LogP contribution in [0.1, 0.15) is 65.1 Å². The van der Waals surface area contributed by atoms with E-state index in [4.69, 9.17) is 16.0 Å². The van der Waals surface area contributed by atoms with Crippen molar-refractivity contribution < 1.29 is 9.21 Å². The van der Waals surface area contributed by atoms with E-state index < -0.39 is 0 Å². The van der Waals surface area contributed by atoms with Crippen LogP contribution in [0.3, 0.4) is 0 Å². The number of amides is 1. The van der Waals surface area contributed by atoms with Crippen LogP contribution in [0.2, 0.25) is 0 Å². The third-order valence-electron chi connectivity index (χ3n) is 3.81. The number of carbonyl (C=O) groups is 1. The summed E-state index contributed by atoms with van der Waals surface area (Å²) in [4.78, 5) is 10.6. The Hall–Kier alpha value is -0.530. The van der Waals surface area contributed by atoms with E-state index in [1.807, 2.05) is 0 Å². The Morgan fingerprint density at radius 3 is 2.00 bits per heavy atom. The lowest BCUT2D eigenvalue weighted by atomic mass is 10.4. The number of furan rings is 1. The van der Waals surface area contributed by atoms with Gasteiger partial charge in [-0.15, -0.1) is 11.6 Å². The van der Waals surface area contributed by atoms with E-state index in [2.05, 4.69) is 26.1 Å². The zero-order chi connectivity index (χ0) is 18.0. The first-order valence-corrected chi connectivity index (χ1v) is 12.0. The summed E-state index contributed by atoms with van der Waals surface area (Å²) < 4.78 is 4.97. The molecule has 0 bridgehead atoms. The lowest BCUT2D eigenvalue weighted by molar-refractivity contribution is -0.118. The zero-order valence-electron chi connectivity index (χ0n) is 15.7. The average molecular weight is 377 g/mol. The number of alkyl halides is 1. The minimum absolute atomic E-state index is 0.0132. The van der Waals surface area contributed by atoms with Crippen LogP contribution in [0.25, 0.3) is 0 Å². The van der Waals surface area contributed by atoms with Crippen molar-refractivity contribution >= 4 is 25.4 Å². The van der Waals surface area contributed by atoms with Crippen LogP contribution in [0.15, 0.2) is 22.8 Å². The second-order valence-corrected chi connectivity index (χ2v) is 9.32. The topological polar surface area (TPSA) is 42.2 Å². The van der Waals surface area contributed by atoms with Gasteiger partial charge in [-0.2, -0.15) is 0 Å². The first kappa shape index (κ1) is 23.5. The molecule has 0 fully saturated rings. The van der Waals surface area contributed by atoms with Crippen molar-refractivity contribution in [2.75, 3.05) is 24.4 Å². The van der Waals surface area contributed by atoms with Gasteiger partial charge >= 0.3 is 0 Å². The molecule has 0 aliphatic heterocycles. The maximum Gasteiger partial charge on any atom is 0.235 e. The summed E-state index contributed by atoms with van der Waals surface area (Å²) in [5.41, 5.74) is 0. The van der Waals surface area contributed by atoms with Crippen molar-refractivity contribution in [3.63, 3.8) is 0 Å². The normalized spacial score (nSPS) is 10.4. The van der Waals surface area contributed by atoms with Gasteiger partial charge in [-0.05, 0) is 31.4 Å². The average Bonchev–Trinajstić information content (AvgIpc) is 3.13. The molecule has 0 aliphatic carbocycles. The minimum Gasteiger partial charge on any atom is -0.467 e. The Balaban J connectivity index is 0.000000446. The second-order valence-electron chi connectivity index (χ2n) is 6.05. The fraction of sp³-hybridized carbons (Fsp3) is 0.737. The van der Waals surface area contributed by atoms with Gasteiger partial charge in [0.15, 0.2) is 0 Å². The summed E-state index contributed by atoms with van der Waals surface area (Å²) >= 11 is 5.25. The lowest BCUT2D eigenvalue weighted by Gasteiger charge is -2.09. The Kier molecular flexibility index (Phi) is 16.9. The highest BCUT2D eigenvalue weighted by molar-refractivity contribution is 7.57. The highest BCUT2D eigenvalue weighted by atomic mass is 35.5. The number of carbonyl (C=O) groups excluding carboxylic acids is 1. The van der Waals surface area contributed by atoms with Crippen LogP contribution in [0.4, 0.5) is 0 Å². The highest BCUT2D eigenvalue weighted by Crippen LogP contribution is 2.38. The smallest absolute Gasteiger partial charge is 0.235 e. The number of rotatable bonds is 12. The first-order valence-electron chi connectivity index (χ1n) is 9.36. The van der Waals surface area contributed by atoms with Crippen molar-refractivity contribution in [3.8, 4) is 0 Å². The summed E-state index contributed by atoms with van der Waals surface area (Å²) in [5, 5.41) is 2.57. The molecular weight excluding hydrogens is 341 g/mol. The lowest BCUT2D eigenvalue weighted by Crippen LogP contribution is -2.23. The molecule has 1 heterocycles. The van der Waals surface area contributed by atoms with Gasteiger partial charge in [-0.25, -0.2) is 0 Å². The van der Waals surface area contributed by atoms with Crippen LogP contribution < -0.4 is 5.32 Å². The predicted octanol–water partition coefficient (Wildman–Crippen LogP) is 5.74.